The summed E-state index contributed by atoms with van der Waals surface area (Å²) in [5, 5.41) is 2.59. The number of hydrogen-bond donors (Lipinski definition) is 3. The number of rotatable bonds is 2. The summed E-state index contributed by atoms with van der Waals surface area (Å²) in [6.45, 7) is 0. The predicted octanol–water partition coefficient (Wildman–Crippen LogP) is 1.60. The van der Waals surface area contributed by atoms with E-state index < -0.39 is 7.66 Å². The second-order valence-electron chi connectivity index (χ2n) is 0.673. The van der Waals surface area contributed by atoms with Crippen molar-refractivity contribution in [3.63, 3.8) is 0 Å². The van der Waals surface area contributed by atoms with Gasteiger partial charge in [-0.15, -0.1) is 9.74 Å². The summed E-state index contributed by atoms with van der Waals surface area (Å²) < 4.78 is 0. The SMILES string of the molecule is N=N/N=P(\N=N)=N\N. The lowest BCUT2D eigenvalue weighted by Crippen LogP contribution is -1.67. The average Bonchev–Trinajstić information content (AvgIpc) is 1.83. The molecule has 0 aromatic rings. The summed E-state index contributed by atoms with van der Waals surface area (Å²) in [7, 11) is -1.59. The van der Waals surface area contributed by atoms with Crippen molar-refractivity contribution < 1.29 is 0 Å². The highest BCUT2D eigenvalue weighted by atomic mass is 31.1. The molecule has 0 aromatic carbocycles. The molecule has 0 aliphatic heterocycles. The average molecular weight is 133 g/mol. The first kappa shape index (κ1) is 7.06. The van der Waals surface area contributed by atoms with Crippen LogP contribution < -0.4 is 5.84 Å². The van der Waals surface area contributed by atoms with Gasteiger partial charge in [-0.05, 0) is 5.22 Å². The minimum atomic E-state index is -1.59. The van der Waals surface area contributed by atoms with Gasteiger partial charge in [0.2, 0.25) is 7.66 Å². The van der Waals surface area contributed by atoms with Crippen molar-refractivity contribution in [3.8, 4) is 0 Å². The highest BCUT2D eigenvalue weighted by Crippen LogP contribution is 2.13. The van der Waals surface area contributed by atoms with Gasteiger partial charge in [-0.2, -0.15) is 11.1 Å². The first-order valence-corrected chi connectivity index (χ1v) is 2.71. The molecule has 0 aromatic heterocycles. The summed E-state index contributed by atoms with van der Waals surface area (Å²) in [5.74, 6) is 4.67. The molecule has 0 radical (unpaired) electrons. The van der Waals surface area contributed by atoms with Crippen molar-refractivity contribution in [2.75, 3.05) is 0 Å². The summed E-state index contributed by atoms with van der Waals surface area (Å²) in [5.41, 5.74) is 12.5. The van der Waals surface area contributed by atoms with Crippen LogP contribution in [-0.4, -0.2) is 0 Å². The van der Waals surface area contributed by atoms with Crippen LogP contribution >= 0.6 is 7.66 Å². The summed E-state index contributed by atoms with van der Waals surface area (Å²) in [4.78, 5) is 8.94. The second-order valence-corrected chi connectivity index (χ2v) is 1.82. The van der Waals surface area contributed by atoms with E-state index in [1.165, 1.54) is 0 Å². The van der Waals surface area contributed by atoms with Crippen molar-refractivity contribution in [2.24, 2.45) is 25.7 Å². The van der Waals surface area contributed by atoms with Crippen molar-refractivity contribution in [1.29, 1.82) is 11.1 Å². The standard InChI is InChI=1S/H4N7P/c1-4-7-8(5-2)6-3/h1-2H,3H2. The number of hydrogen-bond acceptors (Lipinski definition) is 3. The first-order chi connectivity index (χ1) is 3.85. The normalized spacial score (nSPS) is 11.4. The largest absolute Gasteiger partial charge is 0.250 e. The van der Waals surface area contributed by atoms with Crippen molar-refractivity contribution in [2.45, 2.75) is 0 Å². The molecule has 0 amide bonds. The molecule has 0 bridgehead atoms. The van der Waals surface area contributed by atoms with E-state index in [0.29, 0.717) is 0 Å². The highest BCUT2D eigenvalue weighted by Gasteiger charge is 1.72. The summed E-state index contributed by atoms with van der Waals surface area (Å²) >= 11 is 0. The van der Waals surface area contributed by atoms with Gasteiger partial charge in [0.15, 0.2) is 0 Å². The molecular formula is H4N7P. The van der Waals surface area contributed by atoms with E-state index in [0.717, 1.165) is 0 Å². The van der Waals surface area contributed by atoms with Crippen LogP contribution in [0.5, 0.6) is 0 Å². The topological polar surface area (TPSA) is 123 Å². The van der Waals surface area contributed by atoms with Crippen molar-refractivity contribution in [1.82, 2.24) is 0 Å². The molecule has 0 fully saturated rings. The fourth-order valence-electron chi connectivity index (χ4n) is 0.109. The van der Waals surface area contributed by atoms with Crippen LogP contribution in [0.25, 0.3) is 0 Å². The molecule has 0 aliphatic rings. The second kappa shape index (κ2) is 4.23. The predicted molar refractivity (Wildman–Crippen MR) is 26.3 cm³/mol. The van der Waals surface area contributed by atoms with Crippen LogP contribution in [0.15, 0.2) is 19.8 Å². The molecule has 0 spiro atoms. The molecule has 0 saturated carbocycles. The zero-order valence-electron chi connectivity index (χ0n) is 3.81. The van der Waals surface area contributed by atoms with Gasteiger partial charge < -0.3 is 0 Å². The minimum Gasteiger partial charge on any atom is -0.221 e. The molecule has 7 nitrogen and oxygen atoms in total. The Hall–Kier alpha value is -0.940. The molecule has 8 heavy (non-hydrogen) atoms. The molecular weight excluding hydrogens is 129 g/mol. The van der Waals surface area contributed by atoms with Gasteiger partial charge in [-0.1, -0.05) is 4.85 Å². The Morgan fingerprint density at radius 3 is 2.12 bits per heavy atom. The number of nitrogens with one attached hydrogen (secondary N) is 2. The number of nitrogens with zero attached hydrogens (tertiary/aromatic N) is 4. The van der Waals surface area contributed by atoms with Crippen LogP contribution in [-0.2, 0) is 0 Å². The van der Waals surface area contributed by atoms with E-state index in [4.69, 9.17) is 11.1 Å². The van der Waals surface area contributed by atoms with Crippen molar-refractivity contribution >= 4 is 7.66 Å². The van der Waals surface area contributed by atoms with Gasteiger partial charge in [0.25, 0.3) is 0 Å². The van der Waals surface area contributed by atoms with Gasteiger partial charge in [-0.3, -0.25) is 0 Å². The summed E-state index contributed by atoms with van der Waals surface area (Å²) in [6.07, 6.45) is 0. The fourth-order valence-corrected chi connectivity index (χ4v) is 0.327. The Balaban J connectivity index is 4.32. The first-order valence-electron chi connectivity index (χ1n) is 1.51. The molecule has 0 aliphatic carbocycles. The maximum Gasteiger partial charge on any atom is 0.250 e. The Labute approximate surface area is 45.5 Å². The Kier molecular flexibility index (Phi) is 3.73. The van der Waals surface area contributed by atoms with E-state index in [-0.39, 0.29) is 0 Å². The molecule has 4 N–H and O–H groups in total. The molecule has 1 atom stereocenters. The van der Waals surface area contributed by atoms with Crippen molar-refractivity contribution in [3.05, 3.63) is 0 Å². The van der Waals surface area contributed by atoms with Gasteiger partial charge in [0.05, 0.1) is 0 Å². The van der Waals surface area contributed by atoms with Crippen LogP contribution in [0, 0.1) is 11.1 Å². The van der Waals surface area contributed by atoms with Crippen LogP contribution in [0.2, 0.25) is 0 Å². The monoisotopic (exact) mass is 133 g/mol. The quantitative estimate of drug-likeness (QED) is 0.225. The zero-order valence-corrected chi connectivity index (χ0v) is 4.71. The van der Waals surface area contributed by atoms with Crippen LogP contribution in [0.3, 0.4) is 0 Å². The Morgan fingerprint density at radius 1 is 1.38 bits per heavy atom. The van der Waals surface area contributed by atoms with Gasteiger partial charge >= 0.3 is 0 Å². The Bertz CT molecular complexity index is 157. The molecule has 1 unspecified atom stereocenters. The highest BCUT2D eigenvalue weighted by molar-refractivity contribution is 7.34. The smallest absolute Gasteiger partial charge is 0.221 e. The molecule has 0 heterocycles. The lowest BCUT2D eigenvalue weighted by Gasteiger charge is -1.70. The van der Waals surface area contributed by atoms with E-state index in [2.05, 4.69) is 25.7 Å². The minimum absolute atomic E-state index is 1.59. The third kappa shape index (κ3) is 2.27. The van der Waals surface area contributed by atoms with E-state index in [9.17, 15) is 0 Å². The molecule has 8 heteroatoms. The third-order valence-corrected chi connectivity index (χ3v) is 0.952. The summed E-state index contributed by atoms with van der Waals surface area (Å²) in [6, 6.07) is 0. The van der Waals surface area contributed by atoms with Crippen LogP contribution in [0.4, 0.5) is 0 Å². The third-order valence-electron chi connectivity index (χ3n) is 0.317. The van der Waals surface area contributed by atoms with Gasteiger partial charge in [0, 0.05) is 0 Å². The Morgan fingerprint density at radius 2 is 2.00 bits per heavy atom. The molecule has 0 saturated heterocycles. The molecule has 0 rings (SSSR count). The van der Waals surface area contributed by atoms with Gasteiger partial charge in [0.1, 0.15) is 0 Å². The van der Waals surface area contributed by atoms with E-state index in [1.54, 1.807) is 0 Å². The lowest BCUT2D eigenvalue weighted by atomic mass is 12.8. The van der Waals surface area contributed by atoms with Gasteiger partial charge in [-0.25, -0.2) is 5.84 Å². The fraction of sp³-hybridized carbons (Fsp3) is 0. The van der Waals surface area contributed by atoms with Crippen LogP contribution in [0.1, 0.15) is 0 Å². The number of nitrogens with two attached hydrogens (primary N) is 1. The molecule has 44 valence electrons. The van der Waals surface area contributed by atoms with E-state index >= 15 is 0 Å². The van der Waals surface area contributed by atoms with E-state index in [1.807, 2.05) is 0 Å². The maximum atomic E-state index is 6.31. The maximum absolute atomic E-state index is 6.31. The zero-order chi connectivity index (χ0) is 6.41. The lowest BCUT2D eigenvalue weighted by molar-refractivity contribution is 0.999.